The molecule has 4 nitrogen and oxygen atoms in total. The van der Waals surface area contributed by atoms with Gasteiger partial charge in [-0.1, -0.05) is 24.3 Å². The smallest absolute Gasteiger partial charge is 0.406 e. The van der Waals surface area contributed by atoms with Gasteiger partial charge in [-0.3, -0.25) is 0 Å². The zero-order valence-electron chi connectivity index (χ0n) is 13.7. The molecule has 2 aromatic carbocycles. The van der Waals surface area contributed by atoms with E-state index in [9.17, 15) is 13.2 Å². The van der Waals surface area contributed by atoms with Crippen molar-refractivity contribution in [2.75, 3.05) is 0 Å². The molecule has 0 aromatic heterocycles. The van der Waals surface area contributed by atoms with Crippen LogP contribution in [0.5, 0.6) is 5.75 Å². The normalized spacial score (nSPS) is 21.3. The molecule has 0 fully saturated rings. The monoisotopic (exact) mass is 359 g/mol. The summed E-state index contributed by atoms with van der Waals surface area (Å²) < 4.78 is 40.8. The Morgan fingerprint density at radius 1 is 1.15 bits per heavy atom. The van der Waals surface area contributed by atoms with Crippen molar-refractivity contribution in [2.24, 2.45) is 11.0 Å². The summed E-state index contributed by atoms with van der Waals surface area (Å²) in [5.41, 5.74) is 8.11. The van der Waals surface area contributed by atoms with Crippen molar-refractivity contribution in [1.82, 2.24) is 5.43 Å². The lowest BCUT2D eigenvalue weighted by molar-refractivity contribution is -0.274. The van der Waals surface area contributed by atoms with Gasteiger partial charge in [-0.2, -0.15) is 5.10 Å². The Hall–Kier alpha value is -2.83. The molecule has 134 valence electrons. The molecular formula is C19H16F3N3O. The van der Waals surface area contributed by atoms with Crippen molar-refractivity contribution in [3.8, 4) is 5.75 Å². The van der Waals surface area contributed by atoms with Crippen molar-refractivity contribution < 1.29 is 17.9 Å². The summed E-state index contributed by atoms with van der Waals surface area (Å²) in [4.78, 5) is 0. The third-order valence-corrected chi connectivity index (χ3v) is 4.85. The lowest BCUT2D eigenvalue weighted by atomic mass is 9.77. The summed E-state index contributed by atoms with van der Waals surface area (Å²) in [6.45, 7) is 0. The van der Waals surface area contributed by atoms with Crippen LogP contribution in [0.2, 0.25) is 0 Å². The van der Waals surface area contributed by atoms with Gasteiger partial charge < -0.3 is 15.6 Å². The number of ether oxygens (including phenoxy) is 1. The molecule has 4 rings (SSSR count). The van der Waals surface area contributed by atoms with Crippen LogP contribution < -0.4 is 10.2 Å². The second kappa shape index (κ2) is 6.16. The maximum absolute atomic E-state index is 12.3. The molecule has 26 heavy (non-hydrogen) atoms. The molecule has 2 unspecified atom stereocenters. The Bertz CT molecular complexity index is 875. The zero-order chi connectivity index (χ0) is 18.3. The van der Waals surface area contributed by atoms with E-state index in [4.69, 9.17) is 5.41 Å². The van der Waals surface area contributed by atoms with Crippen LogP contribution >= 0.6 is 0 Å². The number of nitrogens with zero attached hydrogens (tertiary/aromatic N) is 1. The largest absolute Gasteiger partial charge is 0.573 e. The van der Waals surface area contributed by atoms with E-state index >= 15 is 0 Å². The van der Waals surface area contributed by atoms with Gasteiger partial charge in [0.15, 0.2) is 0 Å². The maximum atomic E-state index is 12.3. The van der Waals surface area contributed by atoms with Gasteiger partial charge in [-0.05, 0) is 47.7 Å². The van der Waals surface area contributed by atoms with E-state index in [1.54, 1.807) is 12.1 Å². The number of hydrazone groups is 1. The predicted molar refractivity (Wildman–Crippen MR) is 91.7 cm³/mol. The Morgan fingerprint density at radius 3 is 2.62 bits per heavy atom. The minimum Gasteiger partial charge on any atom is -0.406 e. The quantitative estimate of drug-likeness (QED) is 0.807. The number of hydrogen-bond donors (Lipinski definition) is 2. The van der Waals surface area contributed by atoms with Crippen LogP contribution in [0, 0.1) is 11.3 Å². The van der Waals surface area contributed by atoms with E-state index in [1.165, 1.54) is 23.9 Å². The van der Waals surface area contributed by atoms with Gasteiger partial charge in [-0.15, -0.1) is 13.2 Å². The third kappa shape index (κ3) is 3.05. The average molecular weight is 359 g/mol. The highest BCUT2D eigenvalue weighted by molar-refractivity contribution is 6.06. The first-order valence-corrected chi connectivity index (χ1v) is 8.27. The number of nitrogens with one attached hydrogen (secondary N) is 2. The average Bonchev–Trinajstić information content (AvgIpc) is 3.05. The summed E-state index contributed by atoms with van der Waals surface area (Å²) in [6, 6.07) is 11.8. The first-order chi connectivity index (χ1) is 12.4. The van der Waals surface area contributed by atoms with Gasteiger partial charge in [0.1, 0.15) is 5.75 Å². The number of hydrogen-bond acceptors (Lipinski definition) is 4. The second-order valence-electron chi connectivity index (χ2n) is 6.43. The van der Waals surface area contributed by atoms with E-state index in [0.29, 0.717) is 0 Å². The molecule has 0 bridgehead atoms. The van der Waals surface area contributed by atoms with Gasteiger partial charge >= 0.3 is 6.36 Å². The lowest BCUT2D eigenvalue weighted by Crippen LogP contribution is -2.26. The number of fused-ring (bicyclic) bond motifs is 3. The summed E-state index contributed by atoms with van der Waals surface area (Å²) in [5.74, 6) is -0.0590. The van der Waals surface area contributed by atoms with Crippen LogP contribution in [0.4, 0.5) is 13.2 Å². The number of halogens is 3. The zero-order valence-corrected chi connectivity index (χ0v) is 13.7. The standard InChI is InChI=1S/C19H16F3N3O/c20-19(21,22)26-14-5-2-12(3-6-14)17-16-8-4-13-9-11(10-23)1-7-15(13)18(16)25-24-17/h1-3,5-7,9-10,16-17,23-24H,4,8H2. The topological polar surface area (TPSA) is 57.5 Å². The van der Waals surface area contributed by atoms with Crippen molar-refractivity contribution >= 4 is 11.9 Å². The van der Waals surface area contributed by atoms with Crippen LogP contribution in [0.3, 0.4) is 0 Å². The number of alkyl halides is 3. The molecule has 0 saturated heterocycles. The van der Waals surface area contributed by atoms with Crippen molar-refractivity contribution in [2.45, 2.75) is 25.2 Å². The van der Waals surface area contributed by atoms with Crippen molar-refractivity contribution in [3.05, 3.63) is 64.7 Å². The van der Waals surface area contributed by atoms with Crippen LogP contribution in [0.1, 0.15) is 34.7 Å². The summed E-state index contributed by atoms with van der Waals surface area (Å²) in [5, 5.41) is 11.9. The minimum absolute atomic E-state index is 0.0690. The van der Waals surface area contributed by atoms with E-state index < -0.39 is 6.36 Å². The van der Waals surface area contributed by atoms with E-state index in [0.717, 1.165) is 35.2 Å². The predicted octanol–water partition coefficient (Wildman–Crippen LogP) is 4.19. The Kier molecular flexibility index (Phi) is 3.94. The number of rotatable bonds is 3. The number of benzene rings is 2. The highest BCUT2D eigenvalue weighted by Crippen LogP contribution is 2.38. The molecule has 0 amide bonds. The highest BCUT2D eigenvalue weighted by atomic mass is 19.4. The second-order valence-corrected chi connectivity index (χ2v) is 6.43. The fraction of sp³-hybridized carbons (Fsp3) is 0.263. The maximum Gasteiger partial charge on any atom is 0.573 e. The van der Waals surface area contributed by atoms with Crippen molar-refractivity contribution in [1.29, 1.82) is 5.41 Å². The molecule has 1 heterocycles. The minimum atomic E-state index is -4.69. The Labute approximate surface area is 148 Å². The SMILES string of the molecule is N=Cc1ccc2c(c1)CCC1C2=NNC1c1ccc(OC(F)(F)F)cc1. The Balaban J connectivity index is 1.56. The van der Waals surface area contributed by atoms with Crippen molar-refractivity contribution in [3.63, 3.8) is 0 Å². The molecule has 2 N–H and O–H groups in total. The first-order valence-electron chi connectivity index (χ1n) is 8.27. The lowest BCUT2D eigenvalue weighted by Gasteiger charge is -2.26. The molecule has 2 aliphatic rings. The molecule has 2 aromatic rings. The van der Waals surface area contributed by atoms with Crippen LogP contribution in [0.25, 0.3) is 0 Å². The van der Waals surface area contributed by atoms with E-state index in [2.05, 4.69) is 15.3 Å². The third-order valence-electron chi connectivity index (χ3n) is 4.85. The summed E-state index contributed by atoms with van der Waals surface area (Å²) >= 11 is 0. The Morgan fingerprint density at radius 2 is 1.92 bits per heavy atom. The van der Waals surface area contributed by atoms with Crippen LogP contribution in [-0.2, 0) is 6.42 Å². The van der Waals surface area contributed by atoms with E-state index in [1.807, 2.05) is 18.2 Å². The molecule has 1 aliphatic carbocycles. The van der Waals surface area contributed by atoms with Gasteiger partial charge in [-0.25, -0.2) is 0 Å². The molecule has 0 radical (unpaired) electrons. The molecule has 0 spiro atoms. The fourth-order valence-electron chi connectivity index (χ4n) is 3.69. The van der Waals surface area contributed by atoms with Crippen LogP contribution in [-0.4, -0.2) is 18.3 Å². The van der Waals surface area contributed by atoms with Gasteiger partial charge in [0, 0.05) is 17.7 Å². The highest BCUT2D eigenvalue weighted by Gasteiger charge is 2.37. The van der Waals surface area contributed by atoms with Gasteiger partial charge in [0.05, 0.1) is 11.8 Å². The molecule has 0 saturated carbocycles. The molecule has 1 aliphatic heterocycles. The first kappa shape index (κ1) is 16.6. The molecular weight excluding hydrogens is 343 g/mol. The fourth-order valence-corrected chi connectivity index (χ4v) is 3.69. The molecule has 7 heteroatoms. The number of aryl methyl sites for hydroxylation is 1. The summed E-state index contributed by atoms with van der Waals surface area (Å²) in [7, 11) is 0. The molecule has 2 atom stereocenters. The van der Waals surface area contributed by atoms with E-state index in [-0.39, 0.29) is 17.7 Å². The van der Waals surface area contributed by atoms with Gasteiger partial charge in [0.2, 0.25) is 0 Å². The van der Waals surface area contributed by atoms with Crippen LogP contribution in [0.15, 0.2) is 47.6 Å². The van der Waals surface area contributed by atoms with Gasteiger partial charge in [0.25, 0.3) is 0 Å². The summed E-state index contributed by atoms with van der Waals surface area (Å²) in [6.07, 6.45) is -1.58.